The Morgan fingerprint density at radius 1 is 1.19 bits per heavy atom. The highest BCUT2D eigenvalue weighted by Crippen LogP contribution is 2.17. The predicted molar refractivity (Wildman–Crippen MR) is 85.8 cm³/mol. The normalized spacial score (nSPS) is 10.4. The summed E-state index contributed by atoms with van der Waals surface area (Å²) in [6.07, 6.45) is 0.760. The van der Waals surface area contributed by atoms with Crippen LogP contribution in [0.15, 0.2) is 53.0 Å². The fraction of sp³-hybridized carbons (Fsp3) is 0.235. The van der Waals surface area contributed by atoms with Crippen molar-refractivity contribution >= 4 is 21.8 Å². The molecule has 0 aliphatic heterocycles. The van der Waals surface area contributed by atoms with Gasteiger partial charge in [-0.2, -0.15) is 0 Å². The van der Waals surface area contributed by atoms with Crippen molar-refractivity contribution in [3.8, 4) is 0 Å². The molecule has 0 aliphatic carbocycles. The Balaban J connectivity index is 2.10. The van der Waals surface area contributed by atoms with Crippen molar-refractivity contribution in [1.29, 1.82) is 0 Å². The highest BCUT2D eigenvalue weighted by molar-refractivity contribution is 9.10. The molecule has 0 bridgehead atoms. The summed E-state index contributed by atoms with van der Waals surface area (Å²) in [4.78, 5) is 14.1. The van der Waals surface area contributed by atoms with Crippen molar-refractivity contribution in [2.75, 3.05) is 13.1 Å². The topological polar surface area (TPSA) is 20.3 Å². The molecule has 2 aromatic rings. The quantitative estimate of drug-likeness (QED) is 0.788. The number of carbonyl (C=O) groups is 1. The summed E-state index contributed by atoms with van der Waals surface area (Å²) in [6, 6.07) is 14.4. The van der Waals surface area contributed by atoms with Gasteiger partial charge in [-0.1, -0.05) is 46.3 Å². The Morgan fingerprint density at radius 2 is 1.90 bits per heavy atom. The number of hydrogen-bond donors (Lipinski definition) is 0. The van der Waals surface area contributed by atoms with Gasteiger partial charge in [0.15, 0.2) is 0 Å². The Labute approximate surface area is 132 Å². The first-order chi connectivity index (χ1) is 10.1. The van der Waals surface area contributed by atoms with E-state index in [1.807, 2.05) is 37.3 Å². The molecule has 0 fully saturated rings. The molecule has 0 unspecified atom stereocenters. The first-order valence-corrected chi connectivity index (χ1v) is 7.69. The van der Waals surface area contributed by atoms with E-state index in [0.717, 1.165) is 6.42 Å². The Kier molecular flexibility index (Phi) is 5.51. The molecule has 21 heavy (non-hydrogen) atoms. The van der Waals surface area contributed by atoms with E-state index in [2.05, 4.69) is 15.9 Å². The van der Waals surface area contributed by atoms with Gasteiger partial charge in [-0.3, -0.25) is 4.79 Å². The Bertz CT molecular complexity index is 615. The summed E-state index contributed by atoms with van der Waals surface area (Å²) in [5.41, 5.74) is 1.28. The van der Waals surface area contributed by atoms with Crippen LogP contribution in [0.2, 0.25) is 0 Å². The number of rotatable bonds is 5. The van der Waals surface area contributed by atoms with Gasteiger partial charge in [0.05, 0.1) is 5.56 Å². The fourth-order valence-electron chi connectivity index (χ4n) is 2.14. The second kappa shape index (κ2) is 7.36. The summed E-state index contributed by atoms with van der Waals surface area (Å²) in [7, 11) is 0. The van der Waals surface area contributed by atoms with E-state index < -0.39 is 5.82 Å². The first-order valence-electron chi connectivity index (χ1n) is 6.90. The predicted octanol–water partition coefficient (Wildman–Crippen LogP) is 4.29. The van der Waals surface area contributed by atoms with Crippen LogP contribution in [0.25, 0.3) is 0 Å². The maximum Gasteiger partial charge on any atom is 0.256 e. The van der Waals surface area contributed by atoms with Crippen molar-refractivity contribution < 1.29 is 9.18 Å². The molecule has 2 rings (SSSR count). The molecule has 110 valence electrons. The standard InChI is InChI=1S/C17H17BrFNO/c1-2-20(11-10-13-6-4-3-5-7-13)17(21)15-12-14(18)8-9-16(15)19/h3-9,12H,2,10-11H2,1H3. The van der Waals surface area contributed by atoms with Gasteiger partial charge in [-0.05, 0) is 37.1 Å². The maximum absolute atomic E-state index is 13.8. The summed E-state index contributed by atoms with van der Waals surface area (Å²) in [6.45, 7) is 3.03. The highest BCUT2D eigenvalue weighted by Gasteiger charge is 2.18. The van der Waals surface area contributed by atoms with Crippen LogP contribution in [0.5, 0.6) is 0 Å². The molecule has 0 saturated heterocycles. The molecule has 4 heteroatoms. The summed E-state index contributed by atoms with van der Waals surface area (Å²) in [5, 5.41) is 0. The fourth-order valence-corrected chi connectivity index (χ4v) is 2.50. The number of amides is 1. The largest absolute Gasteiger partial charge is 0.339 e. The van der Waals surface area contributed by atoms with Gasteiger partial charge in [0.1, 0.15) is 5.82 Å². The van der Waals surface area contributed by atoms with Crippen molar-refractivity contribution in [3.63, 3.8) is 0 Å². The summed E-state index contributed by atoms with van der Waals surface area (Å²) in [5.74, 6) is -0.756. The van der Waals surface area contributed by atoms with Crippen LogP contribution >= 0.6 is 15.9 Å². The number of nitrogens with zero attached hydrogens (tertiary/aromatic N) is 1. The maximum atomic E-state index is 13.8. The molecule has 0 aromatic heterocycles. The third kappa shape index (κ3) is 4.14. The number of carbonyl (C=O) groups excluding carboxylic acids is 1. The Hall–Kier alpha value is -1.68. The van der Waals surface area contributed by atoms with E-state index in [1.165, 1.54) is 17.7 Å². The van der Waals surface area contributed by atoms with Crippen LogP contribution < -0.4 is 0 Å². The third-order valence-corrected chi connectivity index (χ3v) is 3.83. The van der Waals surface area contributed by atoms with Crippen LogP contribution in [0.1, 0.15) is 22.8 Å². The van der Waals surface area contributed by atoms with Crippen LogP contribution in [0.3, 0.4) is 0 Å². The zero-order valence-electron chi connectivity index (χ0n) is 11.9. The van der Waals surface area contributed by atoms with Gasteiger partial charge in [0, 0.05) is 17.6 Å². The zero-order valence-corrected chi connectivity index (χ0v) is 13.4. The molecule has 0 aliphatic rings. The molecular formula is C17H17BrFNO. The van der Waals surface area contributed by atoms with Gasteiger partial charge in [0.2, 0.25) is 0 Å². The van der Waals surface area contributed by atoms with Gasteiger partial charge in [0.25, 0.3) is 5.91 Å². The van der Waals surface area contributed by atoms with Gasteiger partial charge >= 0.3 is 0 Å². The van der Waals surface area contributed by atoms with Gasteiger partial charge in [-0.15, -0.1) is 0 Å². The minimum atomic E-state index is -0.485. The van der Waals surface area contributed by atoms with Crippen LogP contribution in [-0.4, -0.2) is 23.9 Å². The van der Waals surface area contributed by atoms with Crippen molar-refractivity contribution in [1.82, 2.24) is 4.90 Å². The average Bonchev–Trinajstić information content (AvgIpc) is 2.51. The third-order valence-electron chi connectivity index (χ3n) is 3.34. The van der Waals surface area contributed by atoms with Gasteiger partial charge < -0.3 is 4.90 Å². The van der Waals surface area contributed by atoms with Crippen LogP contribution in [0, 0.1) is 5.82 Å². The van der Waals surface area contributed by atoms with E-state index in [-0.39, 0.29) is 11.5 Å². The second-order valence-corrected chi connectivity index (χ2v) is 5.66. The number of hydrogen-bond acceptors (Lipinski definition) is 1. The van der Waals surface area contributed by atoms with Crippen molar-refractivity contribution in [2.24, 2.45) is 0 Å². The lowest BCUT2D eigenvalue weighted by molar-refractivity contribution is 0.0761. The molecule has 2 aromatic carbocycles. The summed E-state index contributed by atoms with van der Waals surface area (Å²) >= 11 is 3.27. The van der Waals surface area contributed by atoms with Crippen LogP contribution in [0.4, 0.5) is 4.39 Å². The van der Waals surface area contributed by atoms with E-state index in [1.54, 1.807) is 11.0 Å². The van der Waals surface area contributed by atoms with E-state index in [9.17, 15) is 9.18 Å². The van der Waals surface area contributed by atoms with E-state index in [0.29, 0.717) is 17.6 Å². The van der Waals surface area contributed by atoms with E-state index >= 15 is 0 Å². The Morgan fingerprint density at radius 3 is 2.57 bits per heavy atom. The lowest BCUT2D eigenvalue weighted by Crippen LogP contribution is -2.33. The number of halogens is 2. The minimum absolute atomic E-state index is 0.110. The molecular weight excluding hydrogens is 333 g/mol. The molecule has 0 N–H and O–H groups in total. The molecule has 0 radical (unpaired) electrons. The molecule has 0 saturated carbocycles. The number of benzene rings is 2. The zero-order chi connectivity index (χ0) is 15.2. The average molecular weight is 350 g/mol. The monoisotopic (exact) mass is 349 g/mol. The van der Waals surface area contributed by atoms with Gasteiger partial charge in [-0.25, -0.2) is 4.39 Å². The summed E-state index contributed by atoms with van der Waals surface area (Å²) < 4.78 is 14.5. The molecule has 0 heterocycles. The molecule has 2 nitrogen and oxygen atoms in total. The SMILES string of the molecule is CCN(CCc1ccccc1)C(=O)c1cc(Br)ccc1F. The minimum Gasteiger partial charge on any atom is -0.339 e. The van der Waals surface area contributed by atoms with Crippen molar-refractivity contribution in [2.45, 2.75) is 13.3 Å². The first kappa shape index (κ1) is 15.7. The molecule has 0 atom stereocenters. The lowest BCUT2D eigenvalue weighted by atomic mass is 10.1. The molecule has 0 spiro atoms. The van der Waals surface area contributed by atoms with Crippen LogP contribution in [-0.2, 0) is 6.42 Å². The van der Waals surface area contributed by atoms with E-state index in [4.69, 9.17) is 0 Å². The smallest absolute Gasteiger partial charge is 0.256 e. The lowest BCUT2D eigenvalue weighted by Gasteiger charge is -2.21. The highest BCUT2D eigenvalue weighted by atomic mass is 79.9. The molecule has 1 amide bonds. The second-order valence-electron chi connectivity index (χ2n) is 4.74. The van der Waals surface area contributed by atoms with Crippen molar-refractivity contribution in [3.05, 3.63) is 69.9 Å². The number of likely N-dealkylation sites (N-methyl/N-ethyl adjacent to an activating group) is 1.